The molecule has 0 saturated heterocycles. The van der Waals surface area contributed by atoms with Gasteiger partial charge in [-0.3, -0.25) is 9.59 Å². The van der Waals surface area contributed by atoms with Crippen LogP contribution in [-0.4, -0.2) is 32.3 Å². The fourth-order valence-electron chi connectivity index (χ4n) is 3.71. The van der Waals surface area contributed by atoms with Gasteiger partial charge in [-0.15, -0.1) is 0 Å². The molecule has 2 aromatic carbocycles. The van der Waals surface area contributed by atoms with Crippen molar-refractivity contribution in [2.75, 3.05) is 7.11 Å². The molecule has 8 heteroatoms. The minimum atomic E-state index is -0.512. The van der Waals surface area contributed by atoms with Crippen molar-refractivity contribution in [3.05, 3.63) is 88.4 Å². The molecule has 0 spiro atoms. The molecule has 0 fully saturated rings. The Bertz CT molecular complexity index is 1310. The van der Waals surface area contributed by atoms with Gasteiger partial charge in [-0.2, -0.15) is 5.10 Å². The quantitative estimate of drug-likeness (QED) is 0.519. The van der Waals surface area contributed by atoms with E-state index in [1.165, 1.54) is 4.68 Å². The smallest absolute Gasteiger partial charge is 0.274 e. The summed E-state index contributed by atoms with van der Waals surface area (Å²) in [4.78, 5) is 29.9. The van der Waals surface area contributed by atoms with Crippen LogP contribution in [0, 0.1) is 0 Å². The van der Waals surface area contributed by atoms with Crippen LogP contribution in [-0.2, 0) is 25.3 Å². The minimum absolute atomic E-state index is 0.0186. The zero-order valence-electron chi connectivity index (χ0n) is 17.6. The van der Waals surface area contributed by atoms with Crippen molar-refractivity contribution in [3.63, 3.8) is 0 Å². The van der Waals surface area contributed by atoms with Crippen LogP contribution in [0.25, 0.3) is 10.8 Å². The fraction of sp³-hybridized carbons (Fsp3) is 0.217. The first-order valence-corrected chi connectivity index (χ1v) is 9.84. The summed E-state index contributed by atoms with van der Waals surface area (Å²) < 4.78 is 8.64. The topological polar surface area (TPSA) is 91.0 Å². The number of methoxy groups -OCH3 is 1. The molecule has 4 rings (SSSR count). The standard InChI is InChI=1S/C23H23N5O3/c1-27-13-12-24-22(27)21(17-10-6-7-11-19(17)31-3)25-20(29)14-18-15-8-4-5-9-16(15)23(30)28(2)26-18/h4-13,21H,14H2,1-3H3,(H,25,29)/t21-/m1/s1. The van der Waals surface area contributed by atoms with Crippen LogP contribution >= 0.6 is 0 Å². The first-order valence-electron chi connectivity index (χ1n) is 9.84. The number of para-hydroxylation sites is 1. The third kappa shape index (κ3) is 3.92. The molecule has 0 aliphatic rings. The Hall–Kier alpha value is -3.94. The summed E-state index contributed by atoms with van der Waals surface area (Å²) in [7, 11) is 5.05. The van der Waals surface area contributed by atoms with Crippen LogP contribution in [0.4, 0.5) is 0 Å². The van der Waals surface area contributed by atoms with Gasteiger partial charge in [-0.25, -0.2) is 9.67 Å². The van der Waals surface area contributed by atoms with Gasteiger partial charge in [-0.05, 0) is 12.1 Å². The van der Waals surface area contributed by atoms with E-state index in [-0.39, 0.29) is 17.9 Å². The maximum atomic E-state index is 13.1. The van der Waals surface area contributed by atoms with Crippen molar-refractivity contribution in [2.45, 2.75) is 12.5 Å². The van der Waals surface area contributed by atoms with Crippen molar-refractivity contribution < 1.29 is 9.53 Å². The molecule has 0 unspecified atom stereocenters. The highest BCUT2D eigenvalue weighted by atomic mass is 16.5. The highest BCUT2D eigenvalue weighted by Gasteiger charge is 2.24. The van der Waals surface area contributed by atoms with Crippen molar-refractivity contribution in [2.24, 2.45) is 14.1 Å². The van der Waals surface area contributed by atoms with Crippen LogP contribution in [0.1, 0.15) is 23.1 Å². The highest BCUT2D eigenvalue weighted by molar-refractivity contribution is 5.88. The molecule has 0 radical (unpaired) electrons. The molecule has 0 aliphatic heterocycles. The fourth-order valence-corrected chi connectivity index (χ4v) is 3.71. The Labute approximate surface area is 179 Å². The van der Waals surface area contributed by atoms with Gasteiger partial charge in [-0.1, -0.05) is 36.4 Å². The van der Waals surface area contributed by atoms with E-state index in [0.29, 0.717) is 28.0 Å². The van der Waals surface area contributed by atoms with Crippen LogP contribution in [0.2, 0.25) is 0 Å². The number of nitrogens with one attached hydrogen (secondary N) is 1. The van der Waals surface area contributed by atoms with Crippen molar-refractivity contribution in [1.29, 1.82) is 0 Å². The van der Waals surface area contributed by atoms with E-state index in [1.807, 2.05) is 54.2 Å². The SMILES string of the molecule is COc1ccccc1[C@@H](NC(=O)Cc1nn(C)c(=O)c2ccccc12)c1nccn1C. The number of fused-ring (bicyclic) bond motifs is 1. The van der Waals surface area contributed by atoms with Gasteiger partial charge < -0.3 is 14.6 Å². The Balaban J connectivity index is 1.70. The first-order chi connectivity index (χ1) is 15.0. The number of benzene rings is 2. The average Bonchev–Trinajstić information content (AvgIpc) is 3.21. The molecule has 1 N–H and O–H groups in total. The number of amides is 1. The second-order valence-electron chi connectivity index (χ2n) is 7.24. The predicted molar refractivity (Wildman–Crippen MR) is 117 cm³/mol. The monoisotopic (exact) mass is 417 g/mol. The summed E-state index contributed by atoms with van der Waals surface area (Å²) in [5.41, 5.74) is 1.14. The summed E-state index contributed by atoms with van der Waals surface area (Å²) in [6.45, 7) is 0. The van der Waals surface area contributed by atoms with E-state index in [4.69, 9.17) is 4.74 Å². The second kappa shape index (κ2) is 8.43. The number of aromatic nitrogens is 4. The van der Waals surface area contributed by atoms with Crippen molar-refractivity contribution in [3.8, 4) is 5.75 Å². The van der Waals surface area contributed by atoms with E-state index in [1.54, 1.807) is 32.5 Å². The molecule has 4 aromatic rings. The number of rotatable bonds is 6. The molecule has 8 nitrogen and oxygen atoms in total. The van der Waals surface area contributed by atoms with Crippen LogP contribution in [0.3, 0.4) is 0 Å². The van der Waals surface area contributed by atoms with E-state index in [2.05, 4.69) is 15.4 Å². The van der Waals surface area contributed by atoms with Crippen LogP contribution in [0.5, 0.6) is 5.75 Å². The molecule has 31 heavy (non-hydrogen) atoms. The molecule has 0 bridgehead atoms. The zero-order chi connectivity index (χ0) is 22.0. The lowest BCUT2D eigenvalue weighted by Gasteiger charge is -2.21. The van der Waals surface area contributed by atoms with Crippen molar-refractivity contribution in [1.82, 2.24) is 24.6 Å². The van der Waals surface area contributed by atoms with Crippen LogP contribution < -0.4 is 15.6 Å². The predicted octanol–water partition coefficient (Wildman–Crippen LogP) is 2.12. The van der Waals surface area contributed by atoms with Gasteiger partial charge in [0.25, 0.3) is 5.56 Å². The van der Waals surface area contributed by atoms with Gasteiger partial charge in [0.05, 0.1) is 24.6 Å². The summed E-state index contributed by atoms with van der Waals surface area (Å²) in [6.07, 6.45) is 3.53. The molecular formula is C23H23N5O3. The Kier molecular flexibility index (Phi) is 5.53. The first kappa shape index (κ1) is 20.3. The zero-order valence-corrected chi connectivity index (χ0v) is 17.6. The third-order valence-electron chi connectivity index (χ3n) is 5.23. The largest absolute Gasteiger partial charge is 0.496 e. The molecular weight excluding hydrogens is 394 g/mol. The van der Waals surface area contributed by atoms with E-state index in [0.717, 1.165) is 5.56 Å². The van der Waals surface area contributed by atoms with E-state index >= 15 is 0 Å². The second-order valence-corrected chi connectivity index (χ2v) is 7.24. The van der Waals surface area contributed by atoms with Gasteiger partial charge in [0.15, 0.2) is 0 Å². The Morgan fingerprint density at radius 3 is 2.52 bits per heavy atom. The van der Waals surface area contributed by atoms with Crippen molar-refractivity contribution >= 4 is 16.7 Å². The van der Waals surface area contributed by atoms with E-state index < -0.39 is 6.04 Å². The van der Waals surface area contributed by atoms with Gasteiger partial charge in [0.2, 0.25) is 5.91 Å². The van der Waals surface area contributed by atoms with Gasteiger partial charge in [0, 0.05) is 37.4 Å². The average molecular weight is 417 g/mol. The maximum absolute atomic E-state index is 13.1. The van der Waals surface area contributed by atoms with E-state index in [9.17, 15) is 9.59 Å². The Morgan fingerprint density at radius 1 is 1.10 bits per heavy atom. The summed E-state index contributed by atoms with van der Waals surface area (Å²) in [6, 6.07) is 14.2. The summed E-state index contributed by atoms with van der Waals surface area (Å²) in [5, 5.41) is 8.61. The lowest BCUT2D eigenvalue weighted by atomic mass is 10.0. The number of ether oxygens (including phenoxy) is 1. The number of carbonyl (C=O) groups is 1. The molecule has 158 valence electrons. The van der Waals surface area contributed by atoms with Crippen LogP contribution in [0.15, 0.2) is 65.7 Å². The number of nitrogens with zero attached hydrogens (tertiary/aromatic N) is 4. The lowest BCUT2D eigenvalue weighted by Crippen LogP contribution is -2.33. The Morgan fingerprint density at radius 2 is 1.81 bits per heavy atom. The molecule has 2 heterocycles. The normalized spacial score (nSPS) is 12.0. The molecule has 1 amide bonds. The summed E-state index contributed by atoms with van der Waals surface area (Å²) >= 11 is 0. The molecule has 1 atom stereocenters. The number of carbonyl (C=O) groups excluding carboxylic acids is 1. The number of hydrogen-bond acceptors (Lipinski definition) is 5. The third-order valence-corrected chi connectivity index (χ3v) is 5.23. The maximum Gasteiger partial charge on any atom is 0.274 e. The molecule has 0 aliphatic carbocycles. The number of hydrogen-bond donors (Lipinski definition) is 1. The number of aryl methyl sites for hydroxylation is 2. The summed E-state index contributed by atoms with van der Waals surface area (Å²) in [5.74, 6) is 1.09. The number of imidazole rings is 1. The van der Waals surface area contributed by atoms with Gasteiger partial charge in [0.1, 0.15) is 17.6 Å². The van der Waals surface area contributed by atoms with Gasteiger partial charge >= 0.3 is 0 Å². The minimum Gasteiger partial charge on any atom is -0.496 e. The molecule has 2 aromatic heterocycles. The lowest BCUT2D eigenvalue weighted by molar-refractivity contribution is -0.121. The molecule has 0 saturated carbocycles. The highest BCUT2D eigenvalue weighted by Crippen LogP contribution is 2.29.